The Morgan fingerprint density at radius 1 is 1.44 bits per heavy atom. The van der Waals surface area contributed by atoms with Gasteiger partial charge in [-0.3, -0.25) is 4.79 Å². The second-order valence-corrected chi connectivity index (χ2v) is 4.29. The van der Waals surface area contributed by atoms with Crippen molar-refractivity contribution in [3.05, 3.63) is 0 Å². The van der Waals surface area contributed by atoms with Crippen LogP contribution >= 0.6 is 11.8 Å². The van der Waals surface area contributed by atoms with Crippen LogP contribution in [0.15, 0.2) is 0 Å². The molecule has 0 radical (unpaired) electrons. The van der Waals surface area contributed by atoms with E-state index in [1.807, 2.05) is 6.26 Å². The zero-order valence-electron chi connectivity index (χ0n) is 9.18. The molecule has 0 aromatic heterocycles. The first kappa shape index (κ1) is 15.2. The summed E-state index contributed by atoms with van der Waals surface area (Å²) in [4.78, 5) is 22.1. The summed E-state index contributed by atoms with van der Waals surface area (Å²) in [6.07, 6.45) is 2.38. The van der Waals surface area contributed by atoms with Gasteiger partial charge in [0.2, 0.25) is 5.91 Å². The largest absolute Gasteiger partial charge is 0.480 e. The highest BCUT2D eigenvalue weighted by atomic mass is 32.2. The molecule has 0 unspecified atom stereocenters. The second kappa shape index (κ2) is 8.37. The fourth-order valence-electron chi connectivity index (χ4n) is 1.04. The van der Waals surface area contributed by atoms with E-state index < -0.39 is 24.0 Å². The van der Waals surface area contributed by atoms with Crippen LogP contribution in [0.5, 0.6) is 0 Å². The van der Waals surface area contributed by atoms with Gasteiger partial charge in [0, 0.05) is 13.0 Å². The standard InChI is InChI=1S/C9H18N2O4S/c1-16-5-3-6(10)8(13)11-7(2-4-12)9(14)15/h6-7,12H,2-5,10H2,1H3,(H,11,13)(H,14,15)/t6-,7+/m0/s1. The van der Waals surface area contributed by atoms with Gasteiger partial charge in [-0.1, -0.05) is 0 Å². The number of aliphatic hydroxyl groups is 1. The molecule has 0 aliphatic carbocycles. The van der Waals surface area contributed by atoms with Crippen molar-refractivity contribution in [2.75, 3.05) is 18.6 Å². The summed E-state index contributed by atoms with van der Waals surface area (Å²) >= 11 is 1.57. The fourth-order valence-corrected chi connectivity index (χ4v) is 1.53. The molecule has 0 aromatic carbocycles. The van der Waals surface area contributed by atoms with Crippen LogP contribution in [0.4, 0.5) is 0 Å². The van der Waals surface area contributed by atoms with Crippen LogP contribution in [-0.2, 0) is 9.59 Å². The van der Waals surface area contributed by atoms with Crippen molar-refractivity contribution in [2.45, 2.75) is 24.9 Å². The van der Waals surface area contributed by atoms with Gasteiger partial charge < -0.3 is 21.3 Å². The number of nitrogens with one attached hydrogen (secondary N) is 1. The Morgan fingerprint density at radius 3 is 2.50 bits per heavy atom. The summed E-state index contributed by atoms with van der Waals surface area (Å²) in [5.41, 5.74) is 5.57. The Kier molecular flexibility index (Phi) is 7.96. The molecule has 2 atom stereocenters. The first-order chi connectivity index (χ1) is 7.52. The molecule has 0 heterocycles. The van der Waals surface area contributed by atoms with Crippen molar-refractivity contribution in [3.8, 4) is 0 Å². The minimum atomic E-state index is -1.17. The molecule has 0 bridgehead atoms. The number of carbonyl (C=O) groups is 2. The first-order valence-electron chi connectivity index (χ1n) is 4.91. The lowest BCUT2D eigenvalue weighted by molar-refractivity contribution is -0.142. The van der Waals surface area contributed by atoms with Crippen LogP contribution in [0.1, 0.15) is 12.8 Å². The lowest BCUT2D eigenvalue weighted by Gasteiger charge is -2.16. The Morgan fingerprint density at radius 2 is 2.06 bits per heavy atom. The minimum Gasteiger partial charge on any atom is -0.480 e. The Hall–Kier alpha value is -0.790. The summed E-state index contributed by atoms with van der Waals surface area (Å²) in [6.45, 7) is -0.294. The van der Waals surface area contributed by atoms with Gasteiger partial charge >= 0.3 is 5.97 Å². The van der Waals surface area contributed by atoms with Gasteiger partial charge in [-0.05, 0) is 18.4 Å². The molecule has 7 heteroatoms. The summed E-state index contributed by atoms with van der Waals surface area (Å²) < 4.78 is 0. The minimum absolute atomic E-state index is 0.0175. The van der Waals surface area contributed by atoms with E-state index >= 15 is 0 Å². The van der Waals surface area contributed by atoms with Crippen molar-refractivity contribution >= 4 is 23.6 Å². The number of amides is 1. The third kappa shape index (κ3) is 5.94. The van der Waals surface area contributed by atoms with Crippen LogP contribution in [0.25, 0.3) is 0 Å². The van der Waals surface area contributed by atoms with E-state index in [-0.39, 0.29) is 13.0 Å². The number of carbonyl (C=O) groups excluding carboxylic acids is 1. The van der Waals surface area contributed by atoms with Crippen LogP contribution in [0.3, 0.4) is 0 Å². The van der Waals surface area contributed by atoms with E-state index in [4.69, 9.17) is 15.9 Å². The van der Waals surface area contributed by atoms with Gasteiger partial charge in [0.1, 0.15) is 6.04 Å². The summed E-state index contributed by atoms with van der Waals surface area (Å²) in [7, 11) is 0. The van der Waals surface area contributed by atoms with Crippen molar-refractivity contribution in [1.82, 2.24) is 5.32 Å². The van der Waals surface area contributed by atoms with Gasteiger partial charge in [-0.2, -0.15) is 11.8 Å². The molecule has 0 saturated carbocycles. The highest BCUT2D eigenvalue weighted by Gasteiger charge is 2.22. The van der Waals surface area contributed by atoms with E-state index in [1.165, 1.54) is 0 Å². The number of aliphatic hydroxyl groups excluding tert-OH is 1. The van der Waals surface area contributed by atoms with Gasteiger partial charge in [-0.25, -0.2) is 4.79 Å². The van der Waals surface area contributed by atoms with Gasteiger partial charge in [0.05, 0.1) is 6.04 Å². The number of carboxylic acids is 1. The number of hydrogen-bond acceptors (Lipinski definition) is 5. The number of hydrogen-bond donors (Lipinski definition) is 4. The van der Waals surface area contributed by atoms with E-state index in [0.29, 0.717) is 6.42 Å². The maximum absolute atomic E-state index is 11.4. The molecule has 0 spiro atoms. The molecule has 0 rings (SSSR count). The lowest BCUT2D eigenvalue weighted by Crippen LogP contribution is -2.48. The smallest absolute Gasteiger partial charge is 0.326 e. The SMILES string of the molecule is CSCC[C@H](N)C(=O)N[C@H](CCO)C(=O)O. The number of carboxylic acid groups (broad SMARTS) is 1. The molecule has 5 N–H and O–H groups in total. The Bertz CT molecular complexity index is 238. The van der Waals surface area contributed by atoms with Crippen molar-refractivity contribution in [2.24, 2.45) is 5.73 Å². The van der Waals surface area contributed by atoms with Crippen LogP contribution < -0.4 is 11.1 Å². The molecule has 16 heavy (non-hydrogen) atoms. The number of thioether (sulfide) groups is 1. The maximum atomic E-state index is 11.4. The molecule has 0 saturated heterocycles. The normalized spacial score (nSPS) is 14.2. The number of nitrogens with two attached hydrogens (primary N) is 1. The fraction of sp³-hybridized carbons (Fsp3) is 0.778. The zero-order valence-corrected chi connectivity index (χ0v) is 10.00. The van der Waals surface area contributed by atoms with Crippen LogP contribution in [0.2, 0.25) is 0 Å². The number of aliphatic carboxylic acids is 1. The summed E-state index contributed by atoms with van der Waals surface area (Å²) in [5.74, 6) is -0.916. The lowest BCUT2D eigenvalue weighted by atomic mass is 10.1. The molecule has 0 aromatic rings. The average molecular weight is 250 g/mol. The third-order valence-corrected chi connectivity index (χ3v) is 2.65. The first-order valence-corrected chi connectivity index (χ1v) is 6.30. The molecule has 6 nitrogen and oxygen atoms in total. The van der Waals surface area contributed by atoms with E-state index in [0.717, 1.165) is 5.75 Å². The van der Waals surface area contributed by atoms with Crippen LogP contribution in [-0.4, -0.2) is 52.8 Å². The average Bonchev–Trinajstić information content (AvgIpc) is 2.24. The van der Waals surface area contributed by atoms with Crippen molar-refractivity contribution in [3.63, 3.8) is 0 Å². The van der Waals surface area contributed by atoms with Crippen molar-refractivity contribution < 1.29 is 19.8 Å². The molecule has 0 aliphatic rings. The Labute approximate surface area is 98.6 Å². The number of rotatable bonds is 8. The maximum Gasteiger partial charge on any atom is 0.326 e. The molecule has 94 valence electrons. The van der Waals surface area contributed by atoms with Crippen molar-refractivity contribution in [1.29, 1.82) is 0 Å². The topological polar surface area (TPSA) is 113 Å². The summed E-state index contributed by atoms with van der Waals surface area (Å²) in [6, 6.07) is -1.77. The van der Waals surface area contributed by atoms with E-state index in [2.05, 4.69) is 5.32 Å². The quantitative estimate of drug-likeness (QED) is 0.440. The van der Waals surface area contributed by atoms with Gasteiger partial charge in [-0.15, -0.1) is 0 Å². The van der Waals surface area contributed by atoms with Gasteiger partial charge in [0.15, 0.2) is 0 Å². The molecule has 1 amide bonds. The van der Waals surface area contributed by atoms with E-state index in [1.54, 1.807) is 11.8 Å². The highest BCUT2D eigenvalue weighted by molar-refractivity contribution is 7.98. The second-order valence-electron chi connectivity index (χ2n) is 3.30. The monoisotopic (exact) mass is 250 g/mol. The predicted octanol–water partition coefficient (Wildman–Crippen LogP) is -0.981. The molecular weight excluding hydrogens is 232 g/mol. The summed E-state index contributed by atoms with van der Waals surface area (Å²) in [5, 5.41) is 19.7. The molecule has 0 fully saturated rings. The van der Waals surface area contributed by atoms with Crippen LogP contribution in [0, 0.1) is 0 Å². The highest BCUT2D eigenvalue weighted by Crippen LogP contribution is 2.00. The zero-order chi connectivity index (χ0) is 12.6. The third-order valence-electron chi connectivity index (χ3n) is 2.00. The molecule has 0 aliphatic heterocycles. The predicted molar refractivity (Wildman–Crippen MR) is 62.2 cm³/mol. The van der Waals surface area contributed by atoms with E-state index in [9.17, 15) is 9.59 Å². The Balaban J connectivity index is 4.12. The van der Waals surface area contributed by atoms with Gasteiger partial charge in [0.25, 0.3) is 0 Å². The molecular formula is C9H18N2O4S.